The van der Waals surface area contributed by atoms with E-state index in [1.54, 1.807) is 33.4 Å². The van der Waals surface area contributed by atoms with E-state index in [1.807, 2.05) is 0 Å². The molecule has 0 aliphatic heterocycles. The van der Waals surface area contributed by atoms with Gasteiger partial charge in [0, 0.05) is 0 Å². The highest BCUT2D eigenvalue weighted by molar-refractivity contribution is 5.74. The number of benzene rings is 2. The third-order valence-corrected chi connectivity index (χ3v) is 8.35. The third-order valence-electron chi connectivity index (χ3n) is 8.35. The normalized spacial score (nSPS) is 18.6. The Morgan fingerprint density at radius 2 is 1.18 bits per heavy atom. The Labute approximate surface area is 200 Å². The van der Waals surface area contributed by atoms with Gasteiger partial charge in [0.25, 0.3) is 0 Å². The molecule has 0 nitrogen and oxygen atoms in total. The van der Waals surface area contributed by atoms with Crippen molar-refractivity contribution in [1.29, 1.82) is 0 Å². The van der Waals surface area contributed by atoms with Gasteiger partial charge < -0.3 is 0 Å². The summed E-state index contributed by atoms with van der Waals surface area (Å²) in [6.07, 6.45) is 17.4. The van der Waals surface area contributed by atoms with Crippen LogP contribution in [0.25, 0.3) is 11.1 Å². The Balaban J connectivity index is 1.32. The van der Waals surface area contributed by atoms with Gasteiger partial charge in [-0.2, -0.15) is 0 Å². The van der Waals surface area contributed by atoms with Crippen LogP contribution in [-0.2, 0) is 25.7 Å². The van der Waals surface area contributed by atoms with Crippen LogP contribution in [0.3, 0.4) is 0 Å². The van der Waals surface area contributed by atoms with Crippen molar-refractivity contribution in [2.75, 3.05) is 0 Å². The molecule has 5 rings (SSSR count). The summed E-state index contributed by atoms with van der Waals surface area (Å²) in [6.45, 7) is 9.31. The fourth-order valence-electron chi connectivity index (χ4n) is 5.65. The van der Waals surface area contributed by atoms with Crippen molar-refractivity contribution in [2.24, 2.45) is 11.8 Å². The van der Waals surface area contributed by atoms with Crippen molar-refractivity contribution < 1.29 is 0 Å². The second-order valence-electron chi connectivity index (χ2n) is 10.7. The molecule has 0 aromatic heterocycles. The van der Waals surface area contributed by atoms with Gasteiger partial charge in [-0.25, -0.2) is 0 Å². The fraction of sp³-hybridized carbons (Fsp3) is 0.394. The van der Waals surface area contributed by atoms with Gasteiger partial charge in [-0.05, 0) is 101 Å². The van der Waals surface area contributed by atoms with Gasteiger partial charge in [0.2, 0.25) is 0 Å². The van der Waals surface area contributed by atoms with Crippen molar-refractivity contribution in [3.8, 4) is 0 Å². The zero-order valence-corrected chi connectivity index (χ0v) is 20.9. The molecule has 170 valence electrons. The van der Waals surface area contributed by atoms with Crippen molar-refractivity contribution >= 4 is 11.1 Å². The topological polar surface area (TPSA) is 0 Å². The summed E-state index contributed by atoms with van der Waals surface area (Å²) in [7, 11) is 0. The van der Waals surface area contributed by atoms with Gasteiger partial charge in [-0.15, -0.1) is 0 Å². The Morgan fingerprint density at radius 1 is 0.636 bits per heavy atom. The van der Waals surface area contributed by atoms with E-state index in [0.717, 1.165) is 44.9 Å². The molecular formula is C33H38. The molecule has 0 heteroatoms. The van der Waals surface area contributed by atoms with Gasteiger partial charge in [0.1, 0.15) is 0 Å². The predicted molar refractivity (Wildman–Crippen MR) is 143 cm³/mol. The van der Waals surface area contributed by atoms with Gasteiger partial charge in [-0.1, -0.05) is 99.5 Å². The smallest absolute Gasteiger partial charge is 0.00553 e. The summed E-state index contributed by atoms with van der Waals surface area (Å²) in [5.41, 5.74) is 15.2. The summed E-state index contributed by atoms with van der Waals surface area (Å²) in [5.74, 6) is 1.36. The zero-order chi connectivity index (χ0) is 22.9. The van der Waals surface area contributed by atoms with E-state index in [2.05, 4.69) is 88.4 Å². The summed E-state index contributed by atoms with van der Waals surface area (Å²) >= 11 is 0. The standard InChI is InChI=1S/C33H38/c1-5-24-6-7-28(18-24)32-13-10-25-8-9-26-11-14-33(21-30(26)17-16-29(25)20-32)31-15-12-27(19-31)23(4)22(2)3/h6-7,10-15,20-23H,5,8-9,16-19H2,1-4H3. The maximum atomic E-state index is 2.50. The number of hydrogen-bond donors (Lipinski definition) is 0. The van der Waals surface area contributed by atoms with Crippen LogP contribution in [0, 0.1) is 11.8 Å². The molecule has 2 aromatic rings. The van der Waals surface area contributed by atoms with E-state index < -0.39 is 0 Å². The van der Waals surface area contributed by atoms with Gasteiger partial charge >= 0.3 is 0 Å². The summed E-state index contributed by atoms with van der Waals surface area (Å²) in [6, 6.07) is 14.5. The average molecular weight is 435 g/mol. The molecule has 0 saturated heterocycles. The van der Waals surface area contributed by atoms with Crippen LogP contribution in [0.5, 0.6) is 0 Å². The van der Waals surface area contributed by atoms with E-state index in [0.29, 0.717) is 11.8 Å². The number of fused-ring (bicyclic) bond motifs is 2. The number of rotatable bonds is 5. The van der Waals surface area contributed by atoms with Crippen molar-refractivity contribution in [2.45, 2.75) is 72.6 Å². The average Bonchev–Trinajstić information content (AvgIpc) is 3.50. The van der Waals surface area contributed by atoms with Crippen molar-refractivity contribution in [3.05, 3.63) is 105 Å². The molecule has 2 aromatic carbocycles. The predicted octanol–water partition coefficient (Wildman–Crippen LogP) is 8.70. The Hall–Kier alpha value is -2.60. The first-order chi connectivity index (χ1) is 16.0. The van der Waals surface area contributed by atoms with E-state index in [9.17, 15) is 0 Å². The summed E-state index contributed by atoms with van der Waals surface area (Å²) < 4.78 is 0. The lowest BCUT2D eigenvalue weighted by Crippen LogP contribution is -2.08. The molecule has 0 bridgehead atoms. The molecule has 0 spiro atoms. The maximum Gasteiger partial charge on any atom is -0.00553 e. The molecule has 0 heterocycles. The SMILES string of the molecule is CCC1=CC=C(c2ccc3c(c2)CCc2cc(C4=CC=C(C(C)C(C)C)C4)ccc2CC3)C1. The number of aryl methyl sites for hydroxylation is 4. The van der Waals surface area contributed by atoms with Gasteiger partial charge in [0.05, 0.1) is 0 Å². The zero-order valence-electron chi connectivity index (χ0n) is 20.9. The molecule has 33 heavy (non-hydrogen) atoms. The molecule has 0 radical (unpaired) electrons. The molecule has 0 fully saturated rings. The molecule has 0 saturated carbocycles. The molecule has 3 aliphatic carbocycles. The molecule has 0 amide bonds. The minimum atomic E-state index is 0.660. The van der Waals surface area contributed by atoms with E-state index in [1.165, 1.54) is 22.3 Å². The highest BCUT2D eigenvalue weighted by Gasteiger charge is 2.20. The van der Waals surface area contributed by atoms with Crippen LogP contribution in [0.4, 0.5) is 0 Å². The van der Waals surface area contributed by atoms with Crippen molar-refractivity contribution in [3.63, 3.8) is 0 Å². The molecule has 3 aliphatic rings. The highest BCUT2D eigenvalue weighted by atomic mass is 14.2. The number of hydrogen-bond acceptors (Lipinski definition) is 0. The highest BCUT2D eigenvalue weighted by Crippen LogP contribution is 2.36. The van der Waals surface area contributed by atoms with Crippen LogP contribution in [0.15, 0.2) is 71.8 Å². The van der Waals surface area contributed by atoms with Gasteiger partial charge in [-0.3, -0.25) is 0 Å². The Morgan fingerprint density at radius 3 is 1.73 bits per heavy atom. The first-order valence-electron chi connectivity index (χ1n) is 13.0. The van der Waals surface area contributed by atoms with Crippen LogP contribution in [0.1, 0.15) is 80.3 Å². The lowest BCUT2D eigenvalue weighted by Gasteiger charge is -2.20. The summed E-state index contributed by atoms with van der Waals surface area (Å²) in [4.78, 5) is 0. The molecule has 1 unspecified atom stereocenters. The van der Waals surface area contributed by atoms with E-state index in [-0.39, 0.29) is 0 Å². The van der Waals surface area contributed by atoms with Crippen LogP contribution >= 0.6 is 0 Å². The van der Waals surface area contributed by atoms with Gasteiger partial charge in [0.15, 0.2) is 0 Å². The van der Waals surface area contributed by atoms with E-state index in [4.69, 9.17) is 0 Å². The van der Waals surface area contributed by atoms with Crippen molar-refractivity contribution in [1.82, 2.24) is 0 Å². The monoisotopic (exact) mass is 434 g/mol. The first-order valence-corrected chi connectivity index (χ1v) is 13.0. The molecule has 1 atom stereocenters. The minimum absolute atomic E-state index is 0.660. The fourth-order valence-corrected chi connectivity index (χ4v) is 5.65. The van der Waals surface area contributed by atoms with Crippen LogP contribution in [0.2, 0.25) is 0 Å². The lowest BCUT2D eigenvalue weighted by atomic mass is 9.85. The Bertz CT molecular complexity index is 1180. The summed E-state index contributed by atoms with van der Waals surface area (Å²) in [5, 5.41) is 0. The quantitative estimate of drug-likeness (QED) is 0.441. The molecular weight excluding hydrogens is 396 g/mol. The second-order valence-corrected chi connectivity index (χ2v) is 10.7. The largest absolute Gasteiger partial charge is 0.0661 e. The molecule has 0 N–H and O–H groups in total. The van der Waals surface area contributed by atoms with E-state index >= 15 is 0 Å². The van der Waals surface area contributed by atoms with Crippen LogP contribution in [-0.4, -0.2) is 0 Å². The first kappa shape index (κ1) is 22.2. The third kappa shape index (κ3) is 4.58. The van der Waals surface area contributed by atoms with Crippen LogP contribution < -0.4 is 0 Å². The lowest BCUT2D eigenvalue weighted by molar-refractivity contribution is 0.476. The Kier molecular flexibility index (Phi) is 6.28. The number of allylic oxidation sites excluding steroid dienone is 8. The maximum absolute atomic E-state index is 2.50. The second kappa shape index (κ2) is 9.34. The minimum Gasteiger partial charge on any atom is -0.0661 e.